The molecule has 0 bridgehead atoms. The van der Waals surface area contributed by atoms with Crippen LogP contribution in [-0.2, 0) is 13.1 Å². The number of aryl methyl sites for hydroxylation is 1. The SMILES string of the molecule is COc1ncccc1Cn1nc(C)c(CN)c1C. The van der Waals surface area contributed by atoms with Gasteiger partial charge in [0.2, 0.25) is 5.88 Å². The number of aromatic nitrogens is 3. The van der Waals surface area contributed by atoms with Gasteiger partial charge in [-0.2, -0.15) is 5.10 Å². The Morgan fingerprint density at radius 3 is 2.78 bits per heavy atom. The lowest BCUT2D eigenvalue weighted by Crippen LogP contribution is -2.07. The minimum Gasteiger partial charge on any atom is -0.481 e. The molecule has 0 aliphatic rings. The molecular formula is C13H18N4O. The first-order valence-corrected chi connectivity index (χ1v) is 5.88. The van der Waals surface area contributed by atoms with Crippen LogP contribution in [0.5, 0.6) is 5.88 Å². The molecule has 0 spiro atoms. The number of rotatable bonds is 4. The molecule has 5 heteroatoms. The van der Waals surface area contributed by atoms with Gasteiger partial charge in [0.1, 0.15) is 0 Å². The van der Waals surface area contributed by atoms with E-state index in [1.54, 1.807) is 13.3 Å². The zero-order valence-electron chi connectivity index (χ0n) is 11.0. The molecule has 18 heavy (non-hydrogen) atoms. The monoisotopic (exact) mass is 246 g/mol. The lowest BCUT2D eigenvalue weighted by Gasteiger charge is -2.08. The molecule has 0 aliphatic heterocycles. The highest BCUT2D eigenvalue weighted by atomic mass is 16.5. The number of nitrogens with two attached hydrogens (primary N) is 1. The van der Waals surface area contributed by atoms with Crippen LogP contribution in [0, 0.1) is 13.8 Å². The van der Waals surface area contributed by atoms with Gasteiger partial charge in [-0.25, -0.2) is 4.98 Å². The maximum Gasteiger partial charge on any atom is 0.218 e. The zero-order chi connectivity index (χ0) is 13.1. The van der Waals surface area contributed by atoms with Crippen LogP contribution in [0.25, 0.3) is 0 Å². The van der Waals surface area contributed by atoms with Crippen LogP contribution in [0.3, 0.4) is 0 Å². The Labute approximate surface area is 107 Å². The molecule has 0 aliphatic carbocycles. The Bertz CT molecular complexity index is 548. The third-order valence-corrected chi connectivity index (χ3v) is 3.10. The van der Waals surface area contributed by atoms with Crippen LogP contribution >= 0.6 is 0 Å². The molecule has 2 rings (SSSR count). The normalized spacial score (nSPS) is 10.7. The summed E-state index contributed by atoms with van der Waals surface area (Å²) in [6.07, 6.45) is 1.72. The van der Waals surface area contributed by atoms with Gasteiger partial charge in [-0.15, -0.1) is 0 Å². The molecule has 0 unspecified atom stereocenters. The van der Waals surface area contributed by atoms with E-state index in [0.717, 1.165) is 22.5 Å². The molecule has 5 nitrogen and oxygen atoms in total. The Balaban J connectivity index is 2.34. The van der Waals surface area contributed by atoms with Crippen molar-refractivity contribution >= 4 is 0 Å². The average Bonchev–Trinajstić information content (AvgIpc) is 2.65. The van der Waals surface area contributed by atoms with Gasteiger partial charge in [-0.05, 0) is 19.9 Å². The zero-order valence-corrected chi connectivity index (χ0v) is 11.0. The van der Waals surface area contributed by atoms with Crippen molar-refractivity contribution in [1.29, 1.82) is 0 Å². The minimum atomic E-state index is 0.516. The molecule has 2 heterocycles. The fourth-order valence-electron chi connectivity index (χ4n) is 2.07. The summed E-state index contributed by atoms with van der Waals surface area (Å²) in [5.74, 6) is 0.638. The summed E-state index contributed by atoms with van der Waals surface area (Å²) >= 11 is 0. The first kappa shape index (κ1) is 12.6. The van der Waals surface area contributed by atoms with Crippen molar-refractivity contribution in [1.82, 2.24) is 14.8 Å². The van der Waals surface area contributed by atoms with Gasteiger partial charge in [0.25, 0.3) is 0 Å². The van der Waals surface area contributed by atoms with Gasteiger partial charge in [0.05, 0.1) is 19.3 Å². The summed E-state index contributed by atoms with van der Waals surface area (Å²) in [4.78, 5) is 4.18. The van der Waals surface area contributed by atoms with Gasteiger partial charge < -0.3 is 10.5 Å². The highest BCUT2D eigenvalue weighted by molar-refractivity contribution is 5.28. The number of methoxy groups -OCH3 is 1. The molecule has 0 saturated heterocycles. The smallest absolute Gasteiger partial charge is 0.218 e. The lowest BCUT2D eigenvalue weighted by molar-refractivity contribution is 0.390. The fraction of sp³-hybridized carbons (Fsp3) is 0.385. The summed E-state index contributed by atoms with van der Waals surface area (Å²) in [5.41, 5.74) is 9.92. The van der Waals surface area contributed by atoms with Gasteiger partial charge in [-0.3, -0.25) is 4.68 Å². The van der Waals surface area contributed by atoms with Crippen molar-refractivity contribution in [3.8, 4) is 5.88 Å². The first-order chi connectivity index (χ1) is 8.67. The van der Waals surface area contributed by atoms with Crippen molar-refractivity contribution < 1.29 is 4.74 Å². The van der Waals surface area contributed by atoms with Gasteiger partial charge in [0.15, 0.2) is 0 Å². The Morgan fingerprint density at radius 2 is 2.17 bits per heavy atom. The number of hydrogen-bond donors (Lipinski definition) is 1. The maximum absolute atomic E-state index is 5.72. The average molecular weight is 246 g/mol. The molecule has 2 N–H and O–H groups in total. The highest BCUT2D eigenvalue weighted by Crippen LogP contribution is 2.18. The number of nitrogens with zero attached hydrogens (tertiary/aromatic N) is 3. The molecule has 0 atom stereocenters. The second kappa shape index (κ2) is 5.18. The summed E-state index contributed by atoms with van der Waals surface area (Å²) in [6.45, 7) is 5.17. The van der Waals surface area contributed by atoms with E-state index in [-0.39, 0.29) is 0 Å². The molecule has 2 aromatic rings. The van der Waals surface area contributed by atoms with Gasteiger partial charge in [-0.1, -0.05) is 6.07 Å². The van der Waals surface area contributed by atoms with E-state index < -0.39 is 0 Å². The van der Waals surface area contributed by atoms with Crippen molar-refractivity contribution in [2.75, 3.05) is 7.11 Å². The summed E-state index contributed by atoms with van der Waals surface area (Å²) in [7, 11) is 1.62. The van der Waals surface area contributed by atoms with E-state index in [2.05, 4.69) is 10.1 Å². The molecule has 0 fully saturated rings. The van der Waals surface area contributed by atoms with E-state index in [0.29, 0.717) is 19.0 Å². The predicted octanol–water partition coefficient (Wildman–Crippen LogP) is 1.41. The topological polar surface area (TPSA) is 66.0 Å². The molecule has 0 saturated carbocycles. The van der Waals surface area contributed by atoms with Crippen LogP contribution in [0.4, 0.5) is 0 Å². The Morgan fingerprint density at radius 1 is 1.39 bits per heavy atom. The van der Waals surface area contributed by atoms with Crippen LogP contribution in [0.15, 0.2) is 18.3 Å². The minimum absolute atomic E-state index is 0.516. The Kier molecular flexibility index (Phi) is 3.62. The second-order valence-electron chi connectivity index (χ2n) is 4.18. The standard InChI is InChI=1S/C13H18N4O/c1-9-12(7-14)10(2)17(16-9)8-11-5-4-6-15-13(11)18-3/h4-6H,7-8,14H2,1-3H3. The van der Waals surface area contributed by atoms with E-state index in [9.17, 15) is 0 Å². The van der Waals surface area contributed by atoms with Crippen molar-refractivity contribution in [3.63, 3.8) is 0 Å². The number of pyridine rings is 1. The molecule has 96 valence electrons. The van der Waals surface area contributed by atoms with E-state index in [1.165, 1.54) is 0 Å². The third kappa shape index (κ3) is 2.22. The van der Waals surface area contributed by atoms with Gasteiger partial charge in [0, 0.05) is 29.6 Å². The molecule has 0 aromatic carbocycles. The fourth-order valence-corrected chi connectivity index (χ4v) is 2.07. The molecule has 2 aromatic heterocycles. The van der Waals surface area contributed by atoms with Crippen LogP contribution in [-0.4, -0.2) is 21.9 Å². The second-order valence-corrected chi connectivity index (χ2v) is 4.18. The predicted molar refractivity (Wildman–Crippen MR) is 69.5 cm³/mol. The first-order valence-electron chi connectivity index (χ1n) is 5.88. The van der Waals surface area contributed by atoms with E-state index >= 15 is 0 Å². The Hall–Kier alpha value is -1.88. The van der Waals surface area contributed by atoms with Gasteiger partial charge >= 0.3 is 0 Å². The lowest BCUT2D eigenvalue weighted by atomic mass is 10.2. The molecule has 0 radical (unpaired) electrons. The van der Waals surface area contributed by atoms with Crippen molar-refractivity contribution in [3.05, 3.63) is 40.8 Å². The third-order valence-electron chi connectivity index (χ3n) is 3.10. The van der Waals surface area contributed by atoms with Crippen molar-refractivity contribution in [2.45, 2.75) is 26.9 Å². The summed E-state index contributed by atoms with van der Waals surface area (Å²) < 4.78 is 7.19. The van der Waals surface area contributed by atoms with Crippen LogP contribution < -0.4 is 10.5 Å². The van der Waals surface area contributed by atoms with Crippen LogP contribution in [0.1, 0.15) is 22.5 Å². The number of ether oxygens (including phenoxy) is 1. The summed E-state index contributed by atoms with van der Waals surface area (Å²) in [5, 5.41) is 4.51. The number of hydrogen-bond acceptors (Lipinski definition) is 4. The molecule has 0 amide bonds. The van der Waals surface area contributed by atoms with Crippen molar-refractivity contribution in [2.24, 2.45) is 5.73 Å². The van der Waals surface area contributed by atoms with E-state index in [4.69, 9.17) is 10.5 Å². The van der Waals surface area contributed by atoms with Crippen LogP contribution in [0.2, 0.25) is 0 Å². The molecular weight excluding hydrogens is 228 g/mol. The highest BCUT2D eigenvalue weighted by Gasteiger charge is 2.12. The van der Waals surface area contributed by atoms with E-state index in [1.807, 2.05) is 30.7 Å². The maximum atomic E-state index is 5.72. The quantitative estimate of drug-likeness (QED) is 0.885. The largest absolute Gasteiger partial charge is 0.481 e. The summed E-state index contributed by atoms with van der Waals surface area (Å²) in [6, 6.07) is 3.89.